The highest BCUT2D eigenvalue weighted by Gasteiger charge is 2.05. The van der Waals surface area contributed by atoms with E-state index in [1.165, 1.54) is 13.2 Å². The Labute approximate surface area is 82.3 Å². The van der Waals surface area contributed by atoms with E-state index in [1.54, 1.807) is 6.92 Å². The highest BCUT2D eigenvalue weighted by atomic mass is 35.5. The first kappa shape index (κ1) is 11.7. The van der Waals surface area contributed by atoms with Crippen LogP contribution in [0.2, 0.25) is 0 Å². The molecule has 0 aliphatic heterocycles. The molecular weight excluding hydrogens is 190 g/mol. The van der Waals surface area contributed by atoms with Gasteiger partial charge in [-0.1, -0.05) is 18.2 Å². The summed E-state index contributed by atoms with van der Waals surface area (Å²) < 4.78 is 4.62. The maximum absolute atomic E-state index is 7.26. The van der Waals surface area contributed by atoms with E-state index >= 15 is 0 Å². The van der Waals surface area contributed by atoms with Gasteiger partial charge in [-0.05, 0) is 13.0 Å². The van der Waals surface area contributed by atoms with Crippen LogP contribution in [0.4, 0.5) is 0 Å². The highest BCUT2D eigenvalue weighted by molar-refractivity contribution is 6.64. The van der Waals surface area contributed by atoms with Crippen molar-refractivity contribution in [1.82, 2.24) is 0 Å². The Morgan fingerprint density at radius 1 is 1.69 bits per heavy atom. The standard InChI is InChI=1S/C8H12ClN3O/c1-4-6(12-5(2)9)7(10)8(11)13-3/h4,11H,1,10H2,2-3H3/b7-6+,11-8?,12-5+. The predicted octanol–water partition coefficient (Wildman–Crippen LogP) is 1.62. The minimum Gasteiger partial charge on any atom is -0.480 e. The van der Waals surface area contributed by atoms with E-state index in [4.69, 9.17) is 22.7 Å². The molecule has 0 saturated carbocycles. The van der Waals surface area contributed by atoms with Gasteiger partial charge in [0.1, 0.15) is 10.9 Å². The van der Waals surface area contributed by atoms with E-state index in [0.29, 0.717) is 10.9 Å². The Hall–Kier alpha value is -1.29. The molecule has 0 aliphatic rings. The summed E-state index contributed by atoms with van der Waals surface area (Å²) in [5.74, 6) is -0.156. The van der Waals surface area contributed by atoms with E-state index in [2.05, 4.69) is 16.3 Å². The van der Waals surface area contributed by atoms with Gasteiger partial charge in [-0.3, -0.25) is 5.41 Å². The SMILES string of the molecule is C=CC(/N=C(\C)Cl)=C(\N)C(=N)OC. The summed E-state index contributed by atoms with van der Waals surface area (Å²) in [5, 5.41) is 7.58. The molecule has 13 heavy (non-hydrogen) atoms. The minimum atomic E-state index is -0.156. The quantitative estimate of drug-likeness (QED) is 0.414. The van der Waals surface area contributed by atoms with E-state index < -0.39 is 0 Å². The molecule has 0 atom stereocenters. The molecular formula is C8H12ClN3O. The summed E-state index contributed by atoms with van der Waals surface area (Å²) >= 11 is 5.54. The lowest BCUT2D eigenvalue weighted by atomic mass is 10.3. The fourth-order valence-corrected chi connectivity index (χ4v) is 0.699. The van der Waals surface area contributed by atoms with Crippen LogP contribution < -0.4 is 5.73 Å². The lowest BCUT2D eigenvalue weighted by molar-refractivity contribution is 0.399. The zero-order valence-corrected chi connectivity index (χ0v) is 8.35. The van der Waals surface area contributed by atoms with Gasteiger partial charge in [0.05, 0.1) is 12.8 Å². The normalized spacial score (nSPS) is 13.3. The molecule has 72 valence electrons. The van der Waals surface area contributed by atoms with Crippen LogP contribution in [0, 0.1) is 5.41 Å². The molecule has 0 saturated heterocycles. The number of nitrogens with zero attached hydrogens (tertiary/aromatic N) is 1. The molecule has 0 rings (SSSR count). The van der Waals surface area contributed by atoms with Gasteiger partial charge in [0.15, 0.2) is 0 Å². The summed E-state index contributed by atoms with van der Waals surface area (Å²) in [4.78, 5) is 3.86. The van der Waals surface area contributed by atoms with Crippen molar-refractivity contribution < 1.29 is 4.74 Å². The molecule has 5 heteroatoms. The molecule has 3 N–H and O–H groups in total. The molecule has 0 bridgehead atoms. The molecule has 4 nitrogen and oxygen atoms in total. The number of hydrogen-bond donors (Lipinski definition) is 2. The molecule has 0 aromatic carbocycles. The third-order valence-corrected chi connectivity index (χ3v) is 1.28. The molecule has 0 aliphatic carbocycles. The number of nitrogens with two attached hydrogens (primary N) is 1. The first-order valence-corrected chi connectivity index (χ1v) is 3.86. The van der Waals surface area contributed by atoms with Crippen molar-refractivity contribution in [1.29, 1.82) is 5.41 Å². The molecule has 0 fully saturated rings. The zero-order chi connectivity index (χ0) is 10.4. The van der Waals surface area contributed by atoms with E-state index in [0.717, 1.165) is 0 Å². The average Bonchev–Trinajstić information content (AvgIpc) is 2.11. The monoisotopic (exact) mass is 201 g/mol. The van der Waals surface area contributed by atoms with Crippen LogP contribution in [0.15, 0.2) is 29.0 Å². The third kappa shape index (κ3) is 3.75. The molecule has 0 aromatic rings. The van der Waals surface area contributed by atoms with Gasteiger partial charge in [0.2, 0.25) is 5.90 Å². The molecule has 0 heterocycles. The van der Waals surface area contributed by atoms with Crippen molar-refractivity contribution >= 4 is 22.7 Å². The Bertz CT molecular complexity index is 277. The summed E-state index contributed by atoms with van der Waals surface area (Å²) in [6.07, 6.45) is 1.41. The average molecular weight is 202 g/mol. The minimum absolute atomic E-state index is 0.109. The smallest absolute Gasteiger partial charge is 0.231 e. The third-order valence-electron chi connectivity index (χ3n) is 1.19. The topological polar surface area (TPSA) is 71.5 Å². The second-order valence-electron chi connectivity index (χ2n) is 2.15. The van der Waals surface area contributed by atoms with Gasteiger partial charge in [0, 0.05) is 0 Å². The summed E-state index contributed by atoms with van der Waals surface area (Å²) in [7, 11) is 1.35. The Kier molecular flexibility index (Phi) is 4.84. The highest BCUT2D eigenvalue weighted by Crippen LogP contribution is 2.05. The van der Waals surface area contributed by atoms with Crippen LogP contribution in [-0.2, 0) is 4.74 Å². The van der Waals surface area contributed by atoms with Crippen molar-refractivity contribution in [2.24, 2.45) is 10.7 Å². The van der Waals surface area contributed by atoms with Gasteiger partial charge < -0.3 is 10.5 Å². The van der Waals surface area contributed by atoms with Gasteiger partial charge in [-0.2, -0.15) is 0 Å². The van der Waals surface area contributed by atoms with E-state index in [9.17, 15) is 0 Å². The fourth-order valence-electron chi connectivity index (χ4n) is 0.608. The first-order chi connectivity index (χ1) is 6.02. The van der Waals surface area contributed by atoms with Crippen LogP contribution in [0.5, 0.6) is 0 Å². The van der Waals surface area contributed by atoms with Crippen LogP contribution >= 0.6 is 11.6 Å². The van der Waals surface area contributed by atoms with Crippen LogP contribution in [0.3, 0.4) is 0 Å². The molecule has 0 amide bonds. The number of rotatable bonds is 3. The van der Waals surface area contributed by atoms with Crippen molar-refractivity contribution in [2.75, 3.05) is 7.11 Å². The molecule has 0 radical (unpaired) electrons. The summed E-state index contributed by atoms with van der Waals surface area (Å²) in [5.41, 5.74) is 5.97. The van der Waals surface area contributed by atoms with Crippen LogP contribution in [0.1, 0.15) is 6.92 Å². The molecule has 0 spiro atoms. The van der Waals surface area contributed by atoms with Crippen LogP contribution in [0.25, 0.3) is 0 Å². The van der Waals surface area contributed by atoms with Crippen molar-refractivity contribution in [3.63, 3.8) is 0 Å². The van der Waals surface area contributed by atoms with E-state index in [-0.39, 0.29) is 11.6 Å². The maximum Gasteiger partial charge on any atom is 0.231 e. The lowest BCUT2D eigenvalue weighted by Gasteiger charge is -2.04. The summed E-state index contributed by atoms with van der Waals surface area (Å²) in [6.45, 7) is 5.10. The number of methoxy groups -OCH3 is 1. The number of aliphatic imine (C=N–C) groups is 1. The van der Waals surface area contributed by atoms with E-state index in [1.807, 2.05) is 0 Å². The number of halogens is 1. The van der Waals surface area contributed by atoms with Crippen molar-refractivity contribution in [2.45, 2.75) is 6.92 Å². The molecule has 0 unspecified atom stereocenters. The Balaban J connectivity index is 5.01. The number of ether oxygens (including phenoxy) is 1. The number of hydrogen-bond acceptors (Lipinski definition) is 4. The fraction of sp³-hybridized carbons (Fsp3) is 0.250. The van der Waals surface area contributed by atoms with Crippen LogP contribution in [-0.4, -0.2) is 18.2 Å². The maximum atomic E-state index is 7.26. The van der Waals surface area contributed by atoms with Gasteiger partial charge in [0.25, 0.3) is 0 Å². The second kappa shape index (κ2) is 5.37. The van der Waals surface area contributed by atoms with Gasteiger partial charge in [-0.15, -0.1) is 0 Å². The van der Waals surface area contributed by atoms with Crippen molar-refractivity contribution in [3.05, 3.63) is 24.0 Å². The largest absolute Gasteiger partial charge is 0.480 e. The Morgan fingerprint density at radius 3 is 2.54 bits per heavy atom. The zero-order valence-electron chi connectivity index (χ0n) is 7.60. The van der Waals surface area contributed by atoms with Gasteiger partial charge in [-0.25, -0.2) is 4.99 Å². The second-order valence-corrected chi connectivity index (χ2v) is 2.69. The number of nitrogens with one attached hydrogen (secondary N) is 1. The number of allylic oxidation sites excluding steroid dienone is 1. The van der Waals surface area contributed by atoms with Gasteiger partial charge >= 0.3 is 0 Å². The lowest BCUT2D eigenvalue weighted by Crippen LogP contribution is -2.14. The predicted molar refractivity (Wildman–Crippen MR) is 55.1 cm³/mol. The van der Waals surface area contributed by atoms with Crippen molar-refractivity contribution in [3.8, 4) is 0 Å². The summed E-state index contributed by atoms with van der Waals surface area (Å²) in [6, 6.07) is 0. The Morgan fingerprint density at radius 2 is 2.23 bits per heavy atom. The first-order valence-electron chi connectivity index (χ1n) is 3.48. The molecule has 0 aromatic heterocycles.